The van der Waals surface area contributed by atoms with E-state index in [-0.39, 0.29) is 11.8 Å². The lowest BCUT2D eigenvalue weighted by Gasteiger charge is -2.08. The highest BCUT2D eigenvalue weighted by atomic mass is 16.2. The van der Waals surface area contributed by atoms with E-state index in [4.69, 9.17) is 0 Å². The number of rotatable bonds is 1. The molecule has 1 atom stereocenters. The normalized spacial score (nSPS) is 27.0. The first kappa shape index (κ1) is 6.59. The second kappa shape index (κ2) is 2.38. The van der Waals surface area contributed by atoms with Crippen molar-refractivity contribution in [1.82, 2.24) is 5.32 Å². The van der Waals surface area contributed by atoms with Crippen LogP contribution in [0.15, 0.2) is 0 Å². The quantitative estimate of drug-likeness (QED) is 0.511. The van der Waals surface area contributed by atoms with Gasteiger partial charge in [0.1, 0.15) is 0 Å². The zero-order valence-electron chi connectivity index (χ0n) is 5.92. The van der Waals surface area contributed by atoms with E-state index < -0.39 is 0 Å². The minimum atomic E-state index is 0.116. The van der Waals surface area contributed by atoms with Crippen LogP contribution in [-0.2, 0) is 4.79 Å². The van der Waals surface area contributed by atoms with Crippen molar-refractivity contribution in [2.75, 3.05) is 6.54 Å². The van der Waals surface area contributed by atoms with Crippen molar-refractivity contribution in [3.8, 4) is 0 Å². The maximum atomic E-state index is 10.8. The molecule has 0 aliphatic carbocycles. The Labute approximate surface area is 55.6 Å². The predicted octanol–water partition coefficient (Wildman–Crippen LogP) is 0.793. The maximum absolute atomic E-state index is 10.8. The third-order valence-corrected chi connectivity index (χ3v) is 1.83. The number of carbonyl (C=O) groups is 1. The van der Waals surface area contributed by atoms with Gasteiger partial charge < -0.3 is 0 Å². The van der Waals surface area contributed by atoms with Crippen molar-refractivity contribution >= 4 is 5.91 Å². The van der Waals surface area contributed by atoms with Gasteiger partial charge in [-0.05, 0) is 12.3 Å². The first-order valence-electron chi connectivity index (χ1n) is 3.43. The van der Waals surface area contributed by atoms with Gasteiger partial charge in [0.25, 0.3) is 0 Å². The SMILES string of the molecule is CC(C)C1CC[N]C1=O. The molecule has 1 aliphatic rings. The fourth-order valence-electron chi connectivity index (χ4n) is 1.17. The smallest absolute Gasteiger partial charge is 0.244 e. The second-order valence-electron chi connectivity index (χ2n) is 2.86. The first-order chi connectivity index (χ1) is 4.22. The van der Waals surface area contributed by atoms with Crippen LogP contribution >= 0.6 is 0 Å². The number of amides is 1. The Bertz CT molecular complexity index is 120. The van der Waals surface area contributed by atoms with Crippen LogP contribution in [0.2, 0.25) is 0 Å². The summed E-state index contributed by atoms with van der Waals surface area (Å²) < 4.78 is 0. The molecule has 9 heavy (non-hydrogen) atoms. The molecule has 1 rings (SSSR count). The van der Waals surface area contributed by atoms with Gasteiger partial charge in [-0.3, -0.25) is 10.1 Å². The van der Waals surface area contributed by atoms with Crippen LogP contribution in [0, 0.1) is 11.8 Å². The maximum Gasteiger partial charge on any atom is 0.244 e. The van der Waals surface area contributed by atoms with Crippen LogP contribution in [-0.4, -0.2) is 12.5 Å². The summed E-state index contributed by atoms with van der Waals surface area (Å²) in [4.78, 5) is 10.8. The fourth-order valence-corrected chi connectivity index (χ4v) is 1.17. The topological polar surface area (TPSA) is 31.2 Å². The highest BCUT2D eigenvalue weighted by Crippen LogP contribution is 2.19. The molecule has 1 aliphatic heterocycles. The van der Waals surface area contributed by atoms with Gasteiger partial charge in [-0.25, -0.2) is 0 Å². The number of carbonyl (C=O) groups excluding carboxylic acids is 1. The van der Waals surface area contributed by atoms with Gasteiger partial charge in [-0.2, -0.15) is 0 Å². The molecular weight excluding hydrogens is 114 g/mol. The minimum Gasteiger partial charge on any atom is -0.273 e. The molecular formula is C7H12NO. The molecule has 2 heteroatoms. The Morgan fingerprint density at radius 2 is 2.33 bits per heavy atom. The Kier molecular flexibility index (Phi) is 1.74. The molecule has 51 valence electrons. The van der Waals surface area contributed by atoms with E-state index in [0.29, 0.717) is 5.92 Å². The van der Waals surface area contributed by atoms with Crippen LogP contribution in [0.25, 0.3) is 0 Å². The third kappa shape index (κ3) is 1.23. The summed E-state index contributed by atoms with van der Waals surface area (Å²) in [5.41, 5.74) is 0. The molecule has 0 aromatic rings. The van der Waals surface area contributed by atoms with Crippen molar-refractivity contribution in [2.24, 2.45) is 11.8 Å². The van der Waals surface area contributed by atoms with Crippen LogP contribution in [0.5, 0.6) is 0 Å². The molecule has 0 aromatic heterocycles. The molecule has 1 radical (unpaired) electrons. The van der Waals surface area contributed by atoms with Crippen molar-refractivity contribution in [2.45, 2.75) is 20.3 Å². The summed E-state index contributed by atoms with van der Waals surface area (Å²) in [6.07, 6.45) is 0.969. The first-order valence-corrected chi connectivity index (χ1v) is 3.43. The minimum absolute atomic E-state index is 0.116. The summed E-state index contributed by atoms with van der Waals surface area (Å²) in [6, 6.07) is 0. The Morgan fingerprint density at radius 3 is 2.56 bits per heavy atom. The van der Waals surface area contributed by atoms with Crippen molar-refractivity contribution in [3.63, 3.8) is 0 Å². The van der Waals surface area contributed by atoms with Gasteiger partial charge in [-0.1, -0.05) is 13.8 Å². The Morgan fingerprint density at radius 1 is 1.67 bits per heavy atom. The molecule has 1 fully saturated rings. The van der Waals surface area contributed by atoms with Crippen molar-refractivity contribution in [1.29, 1.82) is 0 Å². The molecule has 0 aromatic carbocycles. The molecule has 1 saturated heterocycles. The van der Waals surface area contributed by atoms with Crippen molar-refractivity contribution < 1.29 is 4.79 Å². The van der Waals surface area contributed by atoms with E-state index in [9.17, 15) is 4.79 Å². The van der Waals surface area contributed by atoms with Crippen LogP contribution in [0.3, 0.4) is 0 Å². The highest BCUT2D eigenvalue weighted by Gasteiger charge is 2.27. The summed E-state index contributed by atoms with van der Waals surface area (Å²) >= 11 is 0. The monoisotopic (exact) mass is 126 g/mol. The zero-order chi connectivity index (χ0) is 6.85. The van der Waals surface area contributed by atoms with E-state index in [0.717, 1.165) is 13.0 Å². The molecule has 0 bridgehead atoms. The van der Waals surface area contributed by atoms with E-state index in [1.54, 1.807) is 0 Å². The second-order valence-corrected chi connectivity index (χ2v) is 2.86. The summed E-state index contributed by atoms with van der Waals surface area (Å²) in [6.45, 7) is 4.90. The van der Waals surface area contributed by atoms with Gasteiger partial charge in [0.15, 0.2) is 0 Å². The number of hydrogen-bond donors (Lipinski definition) is 0. The van der Waals surface area contributed by atoms with Gasteiger partial charge >= 0.3 is 0 Å². The van der Waals surface area contributed by atoms with E-state index in [1.165, 1.54) is 0 Å². The molecule has 0 N–H and O–H groups in total. The summed E-state index contributed by atoms with van der Waals surface area (Å²) in [5, 5.41) is 3.80. The molecule has 0 spiro atoms. The molecule has 0 saturated carbocycles. The number of nitrogens with zero attached hydrogens (tertiary/aromatic N) is 1. The summed E-state index contributed by atoms with van der Waals surface area (Å²) in [7, 11) is 0. The van der Waals surface area contributed by atoms with Crippen LogP contribution in [0.4, 0.5) is 0 Å². The zero-order valence-corrected chi connectivity index (χ0v) is 5.92. The average Bonchev–Trinajstić information content (AvgIpc) is 2.13. The fraction of sp³-hybridized carbons (Fsp3) is 0.857. The van der Waals surface area contributed by atoms with E-state index in [1.807, 2.05) is 0 Å². The molecule has 1 amide bonds. The van der Waals surface area contributed by atoms with Crippen LogP contribution in [0.1, 0.15) is 20.3 Å². The van der Waals surface area contributed by atoms with Gasteiger partial charge in [-0.15, -0.1) is 0 Å². The van der Waals surface area contributed by atoms with Crippen molar-refractivity contribution in [3.05, 3.63) is 0 Å². The van der Waals surface area contributed by atoms with E-state index >= 15 is 0 Å². The average molecular weight is 126 g/mol. The largest absolute Gasteiger partial charge is 0.273 e. The lowest BCUT2D eigenvalue weighted by Crippen LogP contribution is -2.17. The van der Waals surface area contributed by atoms with Gasteiger partial charge in [0, 0.05) is 12.5 Å². The Hall–Kier alpha value is -0.530. The Balaban J connectivity index is 2.49. The molecule has 2 nitrogen and oxygen atoms in total. The molecule has 1 unspecified atom stereocenters. The van der Waals surface area contributed by atoms with Gasteiger partial charge in [0.2, 0.25) is 5.91 Å². The van der Waals surface area contributed by atoms with Gasteiger partial charge in [0.05, 0.1) is 0 Å². The lowest BCUT2D eigenvalue weighted by molar-refractivity contribution is -0.123. The van der Waals surface area contributed by atoms with Crippen LogP contribution < -0.4 is 5.32 Å². The highest BCUT2D eigenvalue weighted by molar-refractivity contribution is 5.80. The standard InChI is InChI=1S/C7H12NO/c1-5(2)6-3-4-8-7(6)9/h5-6H,3-4H2,1-2H3. The predicted molar refractivity (Wildman–Crippen MR) is 35.0 cm³/mol. The van der Waals surface area contributed by atoms with E-state index in [2.05, 4.69) is 19.2 Å². The summed E-state index contributed by atoms with van der Waals surface area (Å²) in [5.74, 6) is 0.818. The lowest BCUT2D eigenvalue weighted by atomic mass is 9.95. The molecule has 1 heterocycles. The number of hydrogen-bond acceptors (Lipinski definition) is 1. The third-order valence-electron chi connectivity index (χ3n) is 1.83.